The summed E-state index contributed by atoms with van der Waals surface area (Å²) >= 11 is 6.03. The molecule has 21 heavy (non-hydrogen) atoms. The van der Waals surface area contributed by atoms with Crippen molar-refractivity contribution in [2.75, 3.05) is 5.32 Å². The molecule has 0 fully saturated rings. The third kappa shape index (κ3) is 4.47. The van der Waals surface area contributed by atoms with E-state index < -0.39 is 0 Å². The Morgan fingerprint density at radius 1 is 1.10 bits per heavy atom. The number of anilines is 1. The Balaban J connectivity index is 2.08. The fourth-order valence-corrected chi connectivity index (χ4v) is 1.99. The van der Waals surface area contributed by atoms with Crippen LogP contribution in [-0.4, -0.2) is 5.91 Å². The maximum atomic E-state index is 12.2. The fourth-order valence-electron chi connectivity index (χ4n) is 1.81. The molecule has 0 aliphatic rings. The van der Waals surface area contributed by atoms with Crippen LogP contribution in [0.5, 0.6) is 0 Å². The summed E-state index contributed by atoms with van der Waals surface area (Å²) < 4.78 is 0. The van der Waals surface area contributed by atoms with Crippen LogP contribution >= 0.6 is 11.6 Å². The Labute approximate surface area is 130 Å². The van der Waals surface area contributed by atoms with Gasteiger partial charge in [0, 0.05) is 5.56 Å². The lowest BCUT2D eigenvalue weighted by Crippen LogP contribution is -2.11. The molecule has 0 unspecified atom stereocenters. The van der Waals surface area contributed by atoms with E-state index in [0.29, 0.717) is 22.2 Å². The van der Waals surface area contributed by atoms with E-state index >= 15 is 0 Å². The van der Waals surface area contributed by atoms with Gasteiger partial charge in [-0.15, -0.1) is 0 Å². The molecule has 0 bridgehead atoms. The molecule has 108 valence electrons. The summed E-state index contributed by atoms with van der Waals surface area (Å²) in [5, 5.41) is 3.34. The topological polar surface area (TPSA) is 29.1 Å². The van der Waals surface area contributed by atoms with E-state index in [2.05, 4.69) is 31.3 Å². The number of hydrogen-bond acceptors (Lipinski definition) is 1. The number of allylic oxidation sites excluding steroid dienone is 1. The highest BCUT2D eigenvalue weighted by Crippen LogP contribution is 2.21. The zero-order valence-corrected chi connectivity index (χ0v) is 12.9. The van der Waals surface area contributed by atoms with Crippen LogP contribution in [-0.2, 0) is 0 Å². The molecule has 0 spiro atoms. The largest absolute Gasteiger partial charge is 0.321 e. The first-order valence-corrected chi connectivity index (χ1v) is 7.28. The van der Waals surface area contributed by atoms with Gasteiger partial charge in [0.15, 0.2) is 0 Å². The minimum Gasteiger partial charge on any atom is -0.321 e. The van der Waals surface area contributed by atoms with Crippen molar-refractivity contribution in [2.45, 2.75) is 13.8 Å². The van der Waals surface area contributed by atoms with Gasteiger partial charge in [0.2, 0.25) is 0 Å². The Hall–Kier alpha value is -2.06. The first-order valence-electron chi connectivity index (χ1n) is 6.90. The average Bonchev–Trinajstić information content (AvgIpc) is 2.48. The molecular formula is C18H18ClNO. The lowest BCUT2D eigenvalue weighted by molar-refractivity contribution is 0.102. The highest BCUT2D eigenvalue weighted by molar-refractivity contribution is 6.33. The molecule has 2 rings (SSSR count). The van der Waals surface area contributed by atoms with Gasteiger partial charge in [0.05, 0.1) is 10.7 Å². The van der Waals surface area contributed by atoms with E-state index in [1.807, 2.05) is 36.4 Å². The van der Waals surface area contributed by atoms with Gasteiger partial charge in [0.1, 0.15) is 0 Å². The molecule has 3 heteroatoms. The number of para-hydroxylation sites is 1. The van der Waals surface area contributed by atoms with Gasteiger partial charge in [-0.2, -0.15) is 0 Å². The van der Waals surface area contributed by atoms with Crippen LogP contribution < -0.4 is 5.32 Å². The van der Waals surface area contributed by atoms with Gasteiger partial charge in [0.25, 0.3) is 5.91 Å². The van der Waals surface area contributed by atoms with Crippen LogP contribution in [0.1, 0.15) is 29.8 Å². The van der Waals surface area contributed by atoms with Gasteiger partial charge >= 0.3 is 0 Å². The number of hydrogen-bond donors (Lipinski definition) is 1. The molecule has 0 radical (unpaired) electrons. The summed E-state index contributed by atoms with van der Waals surface area (Å²) in [6.45, 7) is 4.25. The molecule has 2 nitrogen and oxygen atoms in total. The lowest BCUT2D eigenvalue weighted by atomic mass is 10.1. The van der Waals surface area contributed by atoms with Gasteiger partial charge in [-0.1, -0.05) is 61.9 Å². The van der Waals surface area contributed by atoms with Crippen LogP contribution in [0.3, 0.4) is 0 Å². The predicted molar refractivity (Wildman–Crippen MR) is 89.7 cm³/mol. The minimum atomic E-state index is -0.164. The smallest absolute Gasteiger partial charge is 0.255 e. The molecule has 0 saturated heterocycles. The summed E-state index contributed by atoms with van der Waals surface area (Å²) in [6, 6.07) is 14.7. The molecule has 0 aliphatic carbocycles. The van der Waals surface area contributed by atoms with E-state index in [1.54, 1.807) is 12.1 Å². The number of rotatable bonds is 4. The molecular weight excluding hydrogens is 282 g/mol. The molecule has 1 amide bonds. The molecule has 0 heterocycles. The zero-order chi connectivity index (χ0) is 15.2. The van der Waals surface area contributed by atoms with Crippen molar-refractivity contribution in [3.8, 4) is 0 Å². The van der Waals surface area contributed by atoms with Crippen molar-refractivity contribution in [1.29, 1.82) is 0 Å². The lowest BCUT2D eigenvalue weighted by Gasteiger charge is -2.07. The van der Waals surface area contributed by atoms with E-state index in [9.17, 15) is 4.79 Å². The highest BCUT2D eigenvalue weighted by Gasteiger charge is 2.07. The Morgan fingerprint density at radius 3 is 2.38 bits per heavy atom. The number of amides is 1. The van der Waals surface area contributed by atoms with E-state index in [4.69, 9.17) is 11.6 Å². The van der Waals surface area contributed by atoms with E-state index in [1.165, 1.54) is 0 Å². The quantitative estimate of drug-likeness (QED) is 0.819. The monoisotopic (exact) mass is 299 g/mol. The second-order valence-corrected chi connectivity index (χ2v) is 5.57. The first kappa shape index (κ1) is 15.3. The number of nitrogens with one attached hydrogen (secondary N) is 1. The maximum absolute atomic E-state index is 12.2. The Kier molecular flexibility index (Phi) is 5.18. The third-order valence-electron chi connectivity index (χ3n) is 2.97. The van der Waals surface area contributed by atoms with E-state index in [0.717, 1.165) is 5.56 Å². The number of carbonyl (C=O) groups excluding carboxylic acids is 1. The third-order valence-corrected chi connectivity index (χ3v) is 3.30. The minimum absolute atomic E-state index is 0.164. The molecule has 2 aromatic rings. The predicted octanol–water partition coefficient (Wildman–Crippen LogP) is 5.26. The van der Waals surface area contributed by atoms with Crippen molar-refractivity contribution in [2.24, 2.45) is 5.92 Å². The second kappa shape index (κ2) is 7.09. The summed E-state index contributed by atoms with van der Waals surface area (Å²) in [4.78, 5) is 12.2. The van der Waals surface area contributed by atoms with Crippen molar-refractivity contribution < 1.29 is 4.79 Å². The Bertz CT molecular complexity index is 645. The van der Waals surface area contributed by atoms with Gasteiger partial charge < -0.3 is 5.32 Å². The van der Waals surface area contributed by atoms with Gasteiger partial charge in [-0.05, 0) is 35.7 Å². The van der Waals surface area contributed by atoms with Gasteiger partial charge in [-0.25, -0.2) is 0 Å². The summed E-state index contributed by atoms with van der Waals surface area (Å²) in [7, 11) is 0. The van der Waals surface area contributed by atoms with E-state index in [-0.39, 0.29) is 5.91 Å². The summed E-state index contributed by atoms with van der Waals surface area (Å²) in [6.07, 6.45) is 4.18. The van der Waals surface area contributed by atoms with Crippen molar-refractivity contribution >= 4 is 29.3 Å². The van der Waals surface area contributed by atoms with Crippen LogP contribution in [0.4, 0.5) is 5.69 Å². The standard InChI is InChI=1S/C18H18ClNO/c1-13(2)7-8-14-9-11-15(12-10-14)18(21)20-17-6-4-3-5-16(17)19/h3-13H,1-2H3,(H,20,21)/b8-7+. The van der Waals surface area contributed by atoms with Crippen LogP contribution in [0.25, 0.3) is 6.08 Å². The second-order valence-electron chi connectivity index (χ2n) is 5.16. The SMILES string of the molecule is CC(C)/C=C/c1ccc(C(=O)Nc2ccccc2Cl)cc1. The van der Waals surface area contributed by atoms with Crippen molar-refractivity contribution in [3.05, 3.63) is 70.8 Å². The number of benzene rings is 2. The Morgan fingerprint density at radius 2 is 1.76 bits per heavy atom. The summed E-state index contributed by atoms with van der Waals surface area (Å²) in [5.74, 6) is 0.343. The molecule has 0 saturated carbocycles. The molecule has 2 aromatic carbocycles. The summed E-state index contributed by atoms with van der Waals surface area (Å²) in [5.41, 5.74) is 2.31. The number of carbonyl (C=O) groups is 1. The van der Waals surface area contributed by atoms with Crippen molar-refractivity contribution in [1.82, 2.24) is 0 Å². The van der Waals surface area contributed by atoms with Crippen molar-refractivity contribution in [3.63, 3.8) is 0 Å². The van der Waals surface area contributed by atoms with Crippen LogP contribution in [0.15, 0.2) is 54.6 Å². The average molecular weight is 300 g/mol. The molecule has 1 N–H and O–H groups in total. The zero-order valence-electron chi connectivity index (χ0n) is 12.1. The maximum Gasteiger partial charge on any atom is 0.255 e. The fraction of sp³-hybridized carbons (Fsp3) is 0.167. The van der Waals surface area contributed by atoms with Crippen LogP contribution in [0, 0.1) is 5.92 Å². The molecule has 0 aliphatic heterocycles. The molecule has 0 atom stereocenters. The number of halogens is 1. The van der Waals surface area contributed by atoms with Crippen LogP contribution in [0.2, 0.25) is 5.02 Å². The highest BCUT2D eigenvalue weighted by atomic mass is 35.5. The molecule has 0 aromatic heterocycles. The normalized spacial score (nSPS) is 11.0. The first-order chi connectivity index (χ1) is 10.1. The van der Waals surface area contributed by atoms with Gasteiger partial charge in [-0.3, -0.25) is 4.79 Å².